The van der Waals surface area contributed by atoms with Gasteiger partial charge in [-0.05, 0) is 66.2 Å². The second-order valence-corrected chi connectivity index (χ2v) is 12.4. The fraction of sp³-hybridized carbons (Fsp3) is 0.333. The molecule has 0 bridgehead atoms. The number of carbonyl (C=O) groups excluding carboxylic acids is 1. The van der Waals surface area contributed by atoms with Crippen LogP contribution in [0, 0.1) is 0 Å². The number of carboxylic acids is 1. The quantitative estimate of drug-likeness (QED) is 0.251. The Morgan fingerprint density at radius 2 is 1.62 bits per heavy atom. The first-order valence-electron chi connectivity index (χ1n) is 13.6. The van der Waals surface area contributed by atoms with Crippen LogP contribution >= 0.6 is 0 Å². The first kappa shape index (κ1) is 33.6. The van der Waals surface area contributed by atoms with Crippen molar-refractivity contribution in [2.75, 3.05) is 23.8 Å². The summed E-state index contributed by atoms with van der Waals surface area (Å²) in [4.78, 5) is 26.6. The highest BCUT2D eigenvalue weighted by Crippen LogP contribution is 2.33. The molecule has 0 aromatic heterocycles. The molecule has 2 N–H and O–H groups in total. The van der Waals surface area contributed by atoms with E-state index in [1.165, 1.54) is 67.6 Å². The van der Waals surface area contributed by atoms with Crippen LogP contribution in [0.2, 0.25) is 0 Å². The second-order valence-electron chi connectivity index (χ2n) is 10.2. The summed E-state index contributed by atoms with van der Waals surface area (Å²) in [5.74, 6) is -2.07. The fourth-order valence-electron chi connectivity index (χ4n) is 4.87. The number of rotatable bonds is 12. The molecule has 0 unspecified atom stereocenters. The zero-order valence-corrected chi connectivity index (χ0v) is 24.5. The molecule has 1 fully saturated rings. The third kappa shape index (κ3) is 8.48. The van der Waals surface area contributed by atoms with Gasteiger partial charge in [0.2, 0.25) is 0 Å². The molecule has 4 rings (SSSR count). The number of nitrogens with zero attached hydrogens (tertiary/aromatic N) is 1. The second kappa shape index (κ2) is 13.8. The number of sulfone groups is 1. The van der Waals surface area contributed by atoms with Crippen molar-refractivity contribution < 1.29 is 54.5 Å². The SMILES string of the molecule is CCS(=O)(=O)c1ccc([C@@H](NC(=O)c2ccc(N3C[C@@H](Oc4ccc(C(F)(F)F)cc4)C[C@H]3COC(F)F)cc2)C(=O)O)cc1. The third-order valence-electron chi connectivity index (χ3n) is 7.21. The lowest BCUT2D eigenvalue weighted by Crippen LogP contribution is -2.35. The first-order chi connectivity index (χ1) is 21.2. The highest BCUT2D eigenvalue weighted by atomic mass is 32.2. The van der Waals surface area contributed by atoms with Gasteiger partial charge in [0.25, 0.3) is 5.91 Å². The number of carboxylic acid groups (broad SMARTS) is 1. The Labute approximate surface area is 255 Å². The van der Waals surface area contributed by atoms with E-state index in [1.54, 1.807) is 4.90 Å². The largest absolute Gasteiger partial charge is 0.489 e. The Morgan fingerprint density at radius 3 is 2.16 bits per heavy atom. The van der Waals surface area contributed by atoms with Crippen LogP contribution in [0.25, 0.3) is 0 Å². The monoisotopic (exact) mass is 656 g/mol. The van der Waals surface area contributed by atoms with Gasteiger partial charge in [0.15, 0.2) is 15.9 Å². The highest BCUT2D eigenvalue weighted by molar-refractivity contribution is 7.91. The summed E-state index contributed by atoms with van der Waals surface area (Å²) in [5.41, 5.74) is -0.0893. The number of aliphatic carboxylic acids is 1. The van der Waals surface area contributed by atoms with Crippen LogP contribution < -0.4 is 15.0 Å². The van der Waals surface area contributed by atoms with Crippen LogP contribution in [0.5, 0.6) is 5.75 Å². The molecule has 1 amide bonds. The lowest BCUT2D eigenvalue weighted by atomic mass is 10.1. The molecule has 3 aromatic carbocycles. The van der Waals surface area contributed by atoms with E-state index in [1.807, 2.05) is 0 Å². The standard InChI is InChI=1S/C30H29F5N2O7S/c1-2-45(41,42)25-13-5-18(6-14-25)26(28(39)40)36-27(38)19-3-9-21(10-4-19)37-16-24(15-22(37)17-43-29(31)32)44-23-11-7-20(8-12-23)30(33,34)35/h3-14,22,24,26,29H,2,15-17H2,1H3,(H,36,38)(H,39,40)/t22-,24-,26+/m0/s1. The average molecular weight is 657 g/mol. The molecule has 0 saturated carbocycles. The summed E-state index contributed by atoms with van der Waals surface area (Å²) in [6.45, 7) is -1.74. The molecule has 1 heterocycles. The number of benzene rings is 3. The summed E-state index contributed by atoms with van der Waals surface area (Å²) < 4.78 is 98.8. The maximum absolute atomic E-state index is 12.9. The van der Waals surface area contributed by atoms with Gasteiger partial charge in [-0.25, -0.2) is 13.2 Å². The van der Waals surface area contributed by atoms with Crippen molar-refractivity contribution in [3.05, 3.63) is 89.5 Å². The Balaban J connectivity index is 1.46. The van der Waals surface area contributed by atoms with Crippen LogP contribution in [0.4, 0.5) is 27.6 Å². The number of ether oxygens (including phenoxy) is 2. The van der Waals surface area contributed by atoms with E-state index in [0.717, 1.165) is 12.1 Å². The van der Waals surface area contributed by atoms with Crippen LogP contribution in [0.3, 0.4) is 0 Å². The molecule has 45 heavy (non-hydrogen) atoms. The van der Waals surface area contributed by atoms with Crippen LogP contribution in [-0.2, 0) is 25.5 Å². The summed E-state index contributed by atoms with van der Waals surface area (Å²) in [5, 5.41) is 12.1. The Kier molecular flexibility index (Phi) is 10.3. The zero-order chi connectivity index (χ0) is 32.9. The minimum atomic E-state index is -4.51. The zero-order valence-electron chi connectivity index (χ0n) is 23.7. The van der Waals surface area contributed by atoms with E-state index in [0.29, 0.717) is 5.69 Å². The van der Waals surface area contributed by atoms with Crippen molar-refractivity contribution in [1.29, 1.82) is 0 Å². The molecule has 9 nitrogen and oxygen atoms in total. The normalized spacial score (nSPS) is 17.7. The molecule has 3 aromatic rings. The molecule has 1 aliphatic rings. The summed E-state index contributed by atoms with van der Waals surface area (Å²) in [6.07, 6.45) is -4.87. The van der Waals surface area contributed by atoms with Gasteiger partial charge in [-0.2, -0.15) is 22.0 Å². The molecule has 0 radical (unpaired) electrons. The number of carbonyl (C=O) groups is 2. The van der Waals surface area contributed by atoms with Crippen molar-refractivity contribution in [3.8, 4) is 5.75 Å². The molecule has 1 aliphatic heterocycles. The van der Waals surface area contributed by atoms with Gasteiger partial charge < -0.3 is 24.8 Å². The predicted octanol–water partition coefficient (Wildman–Crippen LogP) is 5.32. The molecule has 0 aliphatic carbocycles. The van der Waals surface area contributed by atoms with Gasteiger partial charge in [-0.1, -0.05) is 19.1 Å². The topological polar surface area (TPSA) is 122 Å². The summed E-state index contributed by atoms with van der Waals surface area (Å²) >= 11 is 0. The number of halogens is 5. The molecular formula is C30H29F5N2O7S. The number of hydrogen-bond donors (Lipinski definition) is 2. The van der Waals surface area contributed by atoms with Crippen molar-refractivity contribution in [2.24, 2.45) is 0 Å². The van der Waals surface area contributed by atoms with E-state index in [2.05, 4.69) is 10.1 Å². The van der Waals surface area contributed by atoms with E-state index in [-0.39, 0.29) is 47.1 Å². The van der Waals surface area contributed by atoms with Gasteiger partial charge in [-0.15, -0.1) is 0 Å². The fourth-order valence-corrected chi connectivity index (χ4v) is 5.76. The van der Waals surface area contributed by atoms with Gasteiger partial charge in [0, 0.05) is 17.7 Å². The van der Waals surface area contributed by atoms with Crippen molar-refractivity contribution in [2.45, 2.75) is 49.2 Å². The van der Waals surface area contributed by atoms with Gasteiger partial charge in [-0.3, -0.25) is 4.79 Å². The van der Waals surface area contributed by atoms with E-state index >= 15 is 0 Å². The minimum Gasteiger partial charge on any atom is -0.489 e. The Hall–Kier alpha value is -4.24. The molecule has 15 heteroatoms. The molecule has 0 spiro atoms. The third-order valence-corrected chi connectivity index (χ3v) is 8.96. The Morgan fingerprint density at radius 1 is 1.00 bits per heavy atom. The average Bonchev–Trinajstić information content (AvgIpc) is 3.41. The molecule has 242 valence electrons. The van der Waals surface area contributed by atoms with E-state index in [9.17, 15) is 45.1 Å². The Bertz CT molecular complexity index is 1580. The smallest absolute Gasteiger partial charge is 0.416 e. The number of nitrogens with one attached hydrogen (secondary N) is 1. The lowest BCUT2D eigenvalue weighted by molar-refractivity contribution is -0.139. The summed E-state index contributed by atoms with van der Waals surface area (Å²) in [7, 11) is -3.51. The van der Waals surface area contributed by atoms with Gasteiger partial charge in [0.1, 0.15) is 11.9 Å². The number of alkyl halides is 5. The lowest BCUT2D eigenvalue weighted by Gasteiger charge is -2.26. The maximum atomic E-state index is 12.9. The van der Waals surface area contributed by atoms with Crippen molar-refractivity contribution in [1.82, 2.24) is 5.32 Å². The number of anilines is 1. The molecule has 1 saturated heterocycles. The van der Waals surface area contributed by atoms with Gasteiger partial charge in [0.05, 0.1) is 35.4 Å². The van der Waals surface area contributed by atoms with Crippen LogP contribution in [-0.4, -0.2) is 63.1 Å². The van der Waals surface area contributed by atoms with Crippen molar-refractivity contribution in [3.63, 3.8) is 0 Å². The van der Waals surface area contributed by atoms with Crippen LogP contribution in [0.15, 0.2) is 77.7 Å². The summed E-state index contributed by atoms with van der Waals surface area (Å²) in [6, 6.07) is 13.1. The number of hydrogen-bond acceptors (Lipinski definition) is 7. The van der Waals surface area contributed by atoms with Gasteiger partial charge >= 0.3 is 18.8 Å². The maximum Gasteiger partial charge on any atom is 0.416 e. The number of amides is 1. The molecular weight excluding hydrogens is 627 g/mol. The minimum absolute atomic E-state index is 0.0194. The predicted molar refractivity (Wildman–Crippen MR) is 152 cm³/mol. The van der Waals surface area contributed by atoms with Crippen molar-refractivity contribution >= 4 is 27.4 Å². The highest BCUT2D eigenvalue weighted by Gasteiger charge is 2.35. The first-order valence-corrected chi connectivity index (χ1v) is 15.3. The van der Waals surface area contributed by atoms with E-state index < -0.39 is 58.3 Å². The van der Waals surface area contributed by atoms with E-state index in [4.69, 9.17) is 4.74 Å². The molecule has 3 atom stereocenters. The van der Waals surface area contributed by atoms with Crippen LogP contribution in [0.1, 0.15) is 40.9 Å².